The Morgan fingerprint density at radius 3 is 2.42 bits per heavy atom. The number of nitrogens with zero attached hydrogens (tertiary/aromatic N) is 1. The number of sulfone groups is 1. The van der Waals surface area contributed by atoms with Gasteiger partial charge in [-0.15, -0.1) is 0 Å². The highest BCUT2D eigenvalue weighted by Crippen LogP contribution is 2.16. The fourth-order valence-corrected chi connectivity index (χ4v) is 2.49. The highest BCUT2D eigenvalue weighted by molar-refractivity contribution is 7.91. The van der Waals surface area contributed by atoms with E-state index in [9.17, 15) is 23.3 Å². The molecule has 1 aromatic carbocycles. The minimum Gasteiger partial charge on any atom is -0.448 e. The Morgan fingerprint density at radius 1 is 1.37 bits per heavy atom. The van der Waals surface area contributed by atoms with Crippen LogP contribution in [0.3, 0.4) is 0 Å². The van der Waals surface area contributed by atoms with Crippen molar-refractivity contribution in [2.24, 2.45) is 0 Å². The van der Waals surface area contributed by atoms with Gasteiger partial charge in [0.2, 0.25) is 9.84 Å². The van der Waals surface area contributed by atoms with Crippen molar-refractivity contribution < 1.29 is 33.0 Å². The van der Waals surface area contributed by atoms with Gasteiger partial charge in [0.05, 0.1) is 4.90 Å². The molecule has 0 aliphatic rings. The standard InChI is InChI=1S/C9H9NO8S/c11-9(12)18-17-6-8(10(13)14)19(15,16)7-4-2-1-3-5-7/h1-5,8H,6H2,(H,11,12). The second kappa shape index (κ2) is 6.11. The third kappa shape index (κ3) is 3.89. The lowest BCUT2D eigenvalue weighted by Crippen LogP contribution is -2.34. The maximum Gasteiger partial charge on any atom is 0.537 e. The minimum atomic E-state index is -4.30. The Labute approximate surface area is 107 Å². The predicted molar refractivity (Wildman–Crippen MR) is 59.5 cm³/mol. The van der Waals surface area contributed by atoms with E-state index < -0.39 is 32.9 Å². The molecule has 0 spiro atoms. The van der Waals surface area contributed by atoms with E-state index in [1.54, 1.807) is 6.07 Å². The third-order valence-electron chi connectivity index (χ3n) is 2.01. The largest absolute Gasteiger partial charge is 0.537 e. The van der Waals surface area contributed by atoms with Crippen molar-refractivity contribution >= 4 is 16.0 Å². The fraction of sp³-hybridized carbons (Fsp3) is 0.222. The van der Waals surface area contributed by atoms with Gasteiger partial charge in [0.1, 0.15) is 0 Å². The van der Waals surface area contributed by atoms with Crippen LogP contribution < -0.4 is 0 Å². The van der Waals surface area contributed by atoms with Gasteiger partial charge in [-0.25, -0.2) is 13.2 Å². The third-order valence-corrected chi connectivity index (χ3v) is 3.96. The maximum atomic E-state index is 11.9. The number of rotatable bonds is 6. The quantitative estimate of drug-likeness (QED) is 0.459. The zero-order chi connectivity index (χ0) is 14.5. The molecule has 0 radical (unpaired) electrons. The Balaban J connectivity index is 2.93. The van der Waals surface area contributed by atoms with Crippen molar-refractivity contribution in [3.05, 3.63) is 40.4 Å². The van der Waals surface area contributed by atoms with Crippen LogP contribution in [0, 0.1) is 10.1 Å². The average Bonchev–Trinajstić information content (AvgIpc) is 2.34. The van der Waals surface area contributed by atoms with E-state index in [0.717, 1.165) is 0 Å². The summed E-state index contributed by atoms with van der Waals surface area (Å²) in [6.45, 7) is -1.05. The Morgan fingerprint density at radius 2 is 1.95 bits per heavy atom. The van der Waals surface area contributed by atoms with Gasteiger partial charge in [0.15, 0.2) is 6.61 Å². The van der Waals surface area contributed by atoms with E-state index in [-0.39, 0.29) is 4.90 Å². The molecule has 0 aliphatic carbocycles. The van der Waals surface area contributed by atoms with E-state index in [0.29, 0.717) is 0 Å². The fourth-order valence-electron chi connectivity index (χ4n) is 1.17. The van der Waals surface area contributed by atoms with Gasteiger partial charge in [0.25, 0.3) is 0 Å². The molecule has 9 nitrogen and oxygen atoms in total. The first-order valence-corrected chi connectivity index (χ1v) is 6.35. The molecule has 1 aromatic rings. The molecule has 0 aliphatic heterocycles. The van der Waals surface area contributed by atoms with Crippen LogP contribution in [-0.4, -0.2) is 36.6 Å². The van der Waals surface area contributed by atoms with Crippen molar-refractivity contribution in [2.45, 2.75) is 10.3 Å². The highest BCUT2D eigenvalue weighted by Gasteiger charge is 2.38. The molecule has 1 N–H and O–H groups in total. The van der Waals surface area contributed by atoms with E-state index in [1.165, 1.54) is 24.3 Å². The SMILES string of the molecule is O=C(O)OOCC([N+](=O)[O-])S(=O)(=O)c1ccccc1. The summed E-state index contributed by atoms with van der Waals surface area (Å²) in [5.41, 5.74) is 0. The number of carboxylic acid groups (broad SMARTS) is 1. The van der Waals surface area contributed by atoms with Crippen LogP contribution in [-0.2, 0) is 19.6 Å². The van der Waals surface area contributed by atoms with E-state index in [2.05, 4.69) is 9.78 Å². The zero-order valence-electron chi connectivity index (χ0n) is 9.33. The first-order valence-electron chi connectivity index (χ1n) is 4.80. The van der Waals surface area contributed by atoms with Crippen molar-refractivity contribution in [2.75, 3.05) is 6.61 Å². The van der Waals surface area contributed by atoms with E-state index in [4.69, 9.17) is 5.11 Å². The van der Waals surface area contributed by atoms with Gasteiger partial charge in [-0.3, -0.25) is 15.0 Å². The van der Waals surface area contributed by atoms with Gasteiger partial charge in [0, 0.05) is 4.92 Å². The lowest BCUT2D eigenvalue weighted by atomic mass is 10.4. The smallest absolute Gasteiger partial charge is 0.448 e. The molecule has 104 valence electrons. The number of carbonyl (C=O) groups is 1. The van der Waals surface area contributed by atoms with E-state index in [1.807, 2.05) is 0 Å². The van der Waals surface area contributed by atoms with E-state index >= 15 is 0 Å². The molecule has 0 saturated heterocycles. The molecule has 10 heteroatoms. The van der Waals surface area contributed by atoms with Crippen molar-refractivity contribution in [3.63, 3.8) is 0 Å². The lowest BCUT2D eigenvalue weighted by Gasteiger charge is -2.09. The summed E-state index contributed by atoms with van der Waals surface area (Å²) >= 11 is 0. The number of hydrogen-bond acceptors (Lipinski definition) is 7. The summed E-state index contributed by atoms with van der Waals surface area (Å²) in [7, 11) is -4.30. The summed E-state index contributed by atoms with van der Waals surface area (Å²) in [5.74, 6) is 0. The zero-order valence-corrected chi connectivity index (χ0v) is 10.1. The monoisotopic (exact) mass is 291 g/mol. The Bertz CT molecular complexity index is 555. The first-order chi connectivity index (χ1) is 8.85. The second-order valence-corrected chi connectivity index (χ2v) is 5.34. The van der Waals surface area contributed by atoms with Crippen LogP contribution in [0.4, 0.5) is 4.79 Å². The van der Waals surface area contributed by atoms with Crippen LogP contribution >= 0.6 is 0 Å². The molecule has 0 saturated carbocycles. The first kappa shape index (κ1) is 14.9. The molecular weight excluding hydrogens is 282 g/mol. The van der Waals surface area contributed by atoms with Crippen molar-refractivity contribution in [1.29, 1.82) is 0 Å². The normalized spacial score (nSPS) is 12.6. The summed E-state index contributed by atoms with van der Waals surface area (Å²) in [6, 6.07) is 6.72. The van der Waals surface area contributed by atoms with Gasteiger partial charge in [-0.2, -0.15) is 4.89 Å². The molecular formula is C9H9NO8S. The lowest BCUT2D eigenvalue weighted by molar-refractivity contribution is -0.509. The average molecular weight is 291 g/mol. The molecule has 0 aromatic heterocycles. The molecule has 1 atom stereocenters. The van der Waals surface area contributed by atoms with Crippen LogP contribution in [0.2, 0.25) is 0 Å². The molecule has 0 amide bonds. The minimum absolute atomic E-state index is 0.268. The highest BCUT2D eigenvalue weighted by atomic mass is 32.2. The molecule has 0 fully saturated rings. The van der Waals surface area contributed by atoms with Crippen LogP contribution in [0.1, 0.15) is 0 Å². The van der Waals surface area contributed by atoms with Crippen LogP contribution in [0.15, 0.2) is 35.2 Å². The number of hydrogen-bond donors (Lipinski definition) is 1. The molecule has 1 unspecified atom stereocenters. The summed E-state index contributed by atoms with van der Waals surface area (Å²) in [5, 5.41) is 16.7. The van der Waals surface area contributed by atoms with Gasteiger partial charge in [-0.05, 0) is 12.1 Å². The Kier molecular flexibility index (Phi) is 4.78. The summed E-state index contributed by atoms with van der Waals surface area (Å²) in [6.07, 6.45) is -1.83. The number of benzene rings is 1. The molecule has 19 heavy (non-hydrogen) atoms. The Hall–Kier alpha value is -2.20. The molecule has 0 bridgehead atoms. The van der Waals surface area contributed by atoms with Gasteiger partial charge in [-0.1, -0.05) is 18.2 Å². The summed E-state index contributed by atoms with van der Waals surface area (Å²) in [4.78, 5) is 27.0. The maximum absolute atomic E-state index is 11.9. The molecule has 0 heterocycles. The summed E-state index contributed by atoms with van der Waals surface area (Å²) < 4.78 is 23.8. The van der Waals surface area contributed by atoms with Gasteiger partial charge < -0.3 is 5.11 Å². The van der Waals surface area contributed by atoms with Crippen LogP contribution in [0.5, 0.6) is 0 Å². The molecule has 1 rings (SSSR count). The van der Waals surface area contributed by atoms with Crippen molar-refractivity contribution in [1.82, 2.24) is 0 Å². The van der Waals surface area contributed by atoms with Crippen molar-refractivity contribution in [3.8, 4) is 0 Å². The number of nitro groups is 1. The second-order valence-electron chi connectivity index (χ2n) is 3.23. The van der Waals surface area contributed by atoms with Crippen LogP contribution in [0.25, 0.3) is 0 Å². The van der Waals surface area contributed by atoms with Gasteiger partial charge >= 0.3 is 11.5 Å². The predicted octanol–water partition coefficient (Wildman–Crippen LogP) is 0.689. The topological polar surface area (TPSA) is 133 Å².